The van der Waals surface area contributed by atoms with Crippen LogP contribution in [0.3, 0.4) is 0 Å². The van der Waals surface area contributed by atoms with E-state index in [4.69, 9.17) is 4.74 Å². The first-order valence-corrected chi connectivity index (χ1v) is 13.8. The first kappa shape index (κ1) is 30.6. The molecule has 14 heteroatoms. The average molecular weight is 611 g/mol. The van der Waals surface area contributed by atoms with Crippen LogP contribution in [0.1, 0.15) is 28.8 Å². The van der Waals surface area contributed by atoms with Crippen molar-refractivity contribution in [2.75, 3.05) is 49.8 Å². The zero-order chi connectivity index (χ0) is 31.4. The number of carbonyl (C=O) groups excluding carboxylic acids is 1. The highest BCUT2D eigenvalue weighted by Gasteiger charge is 2.32. The fraction of sp³-hybridized carbons (Fsp3) is 0.300. The Balaban J connectivity index is 1.43. The van der Waals surface area contributed by atoms with Gasteiger partial charge < -0.3 is 25.2 Å². The summed E-state index contributed by atoms with van der Waals surface area (Å²) in [4.78, 5) is 34.1. The molecule has 0 unspecified atom stereocenters. The molecular formula is C30H30F4N8O2. The van der Waals surface area contributed by atoms with Gasteiger partial charge in [-0.1, -0.05) is 0 Å². The van der Waals surface area contributed by atoms with Gasteiger partial charge >= 0.3 is 6.18 Å². The number of anilines is 3. The van der Waals surface area contributed by atoms with E-state index >= 15 is 0 Å². The first-order chi connectivity index (χ1) is 21.0. The van der Waals surface area contributed by atoms with Crippen molar-refractivity contribution in [2.45, 2.75) is 25.1 Å². The molecule has 0 radical (unpaired) electrons. The number of hydrogen-bond donors (Lipinski definition) is 2. The monoisotopic (exact) mass is 610 g/mol. The molecule has 230 valence electrons. The summed E-state index contributed by atoms with van der Waals surface area (Å²) in [5, 5.41) is 5.33. The maximum Gasteiger partial charge on any atom is 0.416 e. The number of hydrogen-bond acceptors (Lipinski definition) is 9. The van der Waals surface area contributed by atoms with Crippen LogP contribution in [0.25, 0.3) is 11.4 Å². The van der Waals surface area contributed by atoms with Crippen LogP contribution in [0.15, 0.2) is 61.1 Å². The molecule has 0 atom stereocenters. The molecule has 2 aromatic carbocycles. The molecule has 0 bridgehead atoms. The minimum absolute atomic E-state index is 0.0492. The maximum atomic E-state index is 15.0. The van der Waals surface area contributed by atoms with Crippen molar-refractivity contribution in [3.8, 4) is 23.0 Å². The Morgan fingerprint density at radius 3 is 2.57 bits per heavy atom. The standard InChI is InChI=1S/C30H30F4N8O2/c1-35-29-38-17-37-26(40-29)21-5-4-12-36-28(21)44-20-7-8-23(31)22(16-20)27(43)39-24-15-18(30(32,33)34)6-9-25(24)42(3)19-10-13-41(2)14-11-19/h4-9,12,15-17,19H,10-11,13-14H2,1-3H3,(H,39,43)(H,35,37,38,40). The smallest absolute Gasteiger partial charge is 0.416 e. The third-order valence-corrected chi connectivity index (χ3v) is 7.39. The molecule has 3 heterocycles. The Hall–Kier alpha value is -4.85. The molecular weight excluding hydrogens is 580 g/mol. The number of rotatable bonds is 8. The summed E-state index contributed by atoms with van der Waals surface area (Å²) in [5.41, 5.74) is -0.646. The first-order valence-electron chi connectivity index (χ1n) is 13.8. The van der Waals surface area contributed by atoms with Crippen molar-refractivity contribution in [3.05, 3.63) is 78.0 Å². The maximum absolute atomic E-state index is 15.0. The Labute approximate surface area is 251 Å². The van der Waals surface area contributed by atoms with E-state index in [1.807, 2.05) is 11.9 Å². The van der Waals surface area contributed by atoms with Crippen LogP contribution < -0.4 is 20.3 Å². The minimum atomic E-state index is -4.64. The van der Waals surface area contributed by atoms with E-state index in [2.05, 4.69) is 35.5 Å². The number of aromatic nitrogens is 4. The molecule has 2 aromatic heterocycles. The molecule has 5 rings (SSSR count). The molecule has 1 saturated heterocycles. The predicted molar refractivity (Wildman–Crippen MR) is 157 cm³/mol. The molecule has 0 aliphatic carbocycles. The molecule has 1 fully saturated rings. The van der Waals surface area contributed by atoms with E-state index in [1.54, 1.807) is 26.2 Å². The van der Waals surface area contributed by atoms with E-state index in [9.17, 15) is 22.4 Å². The molecule has 1 amide bonds. The number of nitrogens with zero attached hydrogens (tertiary/aromatic N) is 6. The quantitative estimate of drug-likeness (QED) is 0.243. The van der Waals surface area contributed by atoms with Crippen LogP contribution in [0.4, 0.5) is 34.9 Å². The molecule has 1 aliphatic rings. The number of piperidine rings is 1. The normalized spacial score (nSPS) is 14.2. The SMILES string of the molecule is CNc1ncnc(-c2cccnc2Oc2ccc(F)c(C(=O)Nc3cc(C(F)(F)F)ccc3N(C)C3CCN(C)CC3)c2)n1. The van der Waals surface area contributed by atoms with Crippen LogP contribution in [-0.4, -0.2) is 71.0 Å². The zero-order valence-corrected chi connectivity index (χ0v) is 24.2. The second-order valence-corrected chi connectivity index (χ2v) is 10.3. The van der Waals surface area contributed by atoms with E-state index in [0.29, 0.717) is 17.2 Å². The second kappa shape index (κ2) is 12.8. The van der Waals surface area contributed by atoms with Crippen molar-refractivity contribution < 1.29 is 27.1 Å². The lowest BCUT2D eigenvalue weighted by molar-refractivity contribution is -0.137. The van der Waals surface area contributed by atoms with Crippen molar-refractivity contribution >= 4 is 23.2 Å². The number of pyridine rings is 1. The summed E-state index contributed by atoms with van der Waals surface area (Å²) in [6.45, 7) is 1.66. The van der Waals surface area contributed by atoms with Gasteiger partial charge in [-0.2, -0.15) is 18.2 Å². The predicted octanol–water partition coefficient (Wildman–Crippen LogP) is 5.71. The number of likely N-dealkylation sites (tertiary alicyclic amines) is 1. The Morgan fingerprint density at radius 1 is 1.07 bits per heavy atom. The van der Waals surface area contributed by atoms with Gasteiger partial charge in [-0.15, -0.1) is 0 Å². The zero-order valence-electron chi connectivity index (χ0n) is 24.2. The highest BCUT2D eigenvalue weighted by Crippen LogP contribution is 2.37. The minimum Gasteiger partial charge on any atom is -0.438 e. The van der Waals surface area contributed by atoms with Crippen LogP contribution >= 0.6 is 0 Å². The third-order valence-electron chi connectivity index (χ3n) is 7.39. The fourth-order valence-electron chi connectivity index (χ4n) is 4.93. The largest absolute Gasteiger partial charge is 0.438 e. The Morgan fingerprint density at radius 2 is 1.84 bits per heavy atom. The van der Waals surface area contributed by atoms with E-state index in [1.165, 1.54) is 24.7 Å². The van der Waals surface area contributed by atoms with E-state index in [-0.39, 0.29) is 29.2 Å². The molecule has 44 heavy (non-hydrogen) atoms. The topological polar surface area (TPSA) is 108 Å². The van der Waals surface area contributed by atoms with Crippen molar-refractivity contribution in [1.29, 1.82) is 0 Å². The van der Waals surface area contributed by atoms with E-state index < -0.39 is 29.0 Å². The van der Waals surface area contributed by atoms with Gasteiger partial charge in [0.15, 0.2) is 5.82 Å². The highest BCUT2D eigenvalue weighted by atomic mass is 19.4. The second-order valence-electron chi connectivity index (χ2n) is 10.3. The lowest BCUT2D eigenvalue weighted by atomic mass is 10.0. The average Bonchev–Trinajstić information content (AvgIpc) is 3.02. The van der Waals surface area contributed by atoms with Crippen molar-refractivity contribution in [2.24, 2.45) is 0 Å². The van der Waals surface area contributed by atoms with Crippen LogP contribution in [0, 0.1) is 5.82 Å². The van der Waals surface area contributed by atoms with Gasteiger partial charge in [0.25, 0.3) is 5.91 Å². The molecule has 4 aromatic rings. The number of amides is 1. The summed E-state index contributed by atoms with van der Waals surface area (Å²) in [7, 11) is 5.44. The van der Waals surface area contributed by atoms with Crippen LogP contribution in [0.2, 0.25) is 0 Å². The van der Waals surface area contributed by atoms with Crippen LogP contribution in [-0.2, 0) is 6.18 Å². The van der Waals surface area contributed by atoms with E-state index in [0.717, 1.165) is 50.2 Å². The molecule has 10 nitrogen and oxygen atoms in total. The van der Waals surface area contributed by atoms with Crippen LogP contribution in [0.5, 0.6) is 11.6 Å². The summed E-state index contributed by atoms with van der Waals surface area (Å²) in [6.07, 6.45) is -0.253. The summed E-state index contributed by atoms with van der Waals surface area (Å²) in [5.74, 6) is -1.10. The number of nitrogens with one attached hydrogen (secondary N) is 2. The fourth-order valence-corrected chi connectivity index (χ4v) is 4.93. The summed E-state index contributed by atoms with van der Waals surface area (Å²) >= 11 is 0. The van der Waals surface area contributed by atoms with Gasteiger partial charge in [-0.3, -0.25) is 4.79 Å². The Bertz CT molecular complexity index is 1640. The van der Waals surface area contributed by atoms with Gasteiger partial charge in [-0.25, -0.2) is 19.3 Å². The molecule has 2 N–H and O–H groups in total. The lowest BCUT2D eigenvalue weighted by Gasteiger charge is -2.37. The molecule has 0 spiro atoms. The van der Waals surface area contributed by atoms with Crippen molar-refractivity contribution in [3.63, 3.8) is 0 Å². The Kier molecular flexibility index (Phi) is 8.90. The third kappa shape index (κ3) is 6.86. The van der Waals surface area contributed by atoms with Gasteiger partial charge in [-0.05, 0) is 81.5 Å². The van der Waals surface area contributed by atoms with Gasteiger partial charge in [0.05, 0.1) is 28.1 Å². The van der Waals surface area contributed by atoms with Crippen molar-refractivity contribution in [1.82, 2.24) is 24.8 Å². The van der Waals surface area contributed by atoms with Gasteiger partial charge in [0, 0.05) is 26.3 Å². The summed E-state index contributed by atoms with van der Waals surface area (Å²) in [6, 6.07) is 10.0. The molecule has 1 aliphatic heterocycles. The van der Waals surface area contributed by atoms with Gasteiger partial charge in [0.2, 0.25) is 11.8 Å². The highest BCUT2D eigenvalue weighted by molar-refractivity contribution is 6.06. The number of benzene rings is 2. The lowest BCUT2D eigenvalue weighted by Crippen LogP contribution is -2.42. The number of carbonyl (C=O) groups is 1. The number of alkyl halides is 3. The van der Waals surface area contributed by atoms with Gasteiger partial charge in [0.1, 0.15) is 17.9 Å². The number of halogens is 4. The summed E-state index contributed by atoms with van der Waals surface area (Å²) < 4.78 is 61.8. The molecule has 0 saturated carbocycles. The number of ether oxygens (including phenoxy) is 1.